The number of aliphatic hydroxyl groups excluding tert-OH is 1. The van der Waals surface area contributed by atoms with E-state index in [2.05, 4.69) is 5.16 Å². The highest BCUT2D eigenvalue weighted by molar-refractivity contribution is 6.26. The number of rotatable bonds is 8. The minimum atomic E-state index is -2.55. The Morgan fingerprint density at radius 1 is 0.936 bits per heavy atom. The van der Waals surface area contributed by atoms with Gasteiger partial charge in [0.05, 0.1) is 18.7 Å². The third-order valence-electron chi connectivity index (χ3n) is 9.47. The van der Waals surface area contributed by atoms with Crippen LogP contribution in [0.2, 0.25) is 0 Å². The Labute approximate surface area is 270 Å². The average molecular weight is 639 g/mol. The minimum absolute atomic E-state index is 0.0333. The molecule has 0 radical (unpaired) electrons. The van der Waals surface area contributed by atoms with Crippen molar-refractivity contribution in [1.82, 2.24) is 10.1 Å². The number of fused-ring (bicyclic) bond motifs is 4. The largest absolute Gasteiger partial charge is 0.507 e. The smallest absolute Gasteiger partial charge is 0.265 e. The molecular formula is C36H34N2O9. The molecule has 0 amide bonds. The first kappa shape index (κ1) is 30.5. The summed E-state index contributed by atoms with van der Waals surface area (Å²) < 4.78 is 23.2. The van der Waals surface area contributed by atoms with E-state index in [9.17, 15) is 24.9 Å². The first-order chi connectivity index (χ1) is 22.6. The van der Waals surface area contributed by atoms with Crippen molar-refractivity contribution in [3.8, 4) is 23.1 Å². The zero-order chi connectivity index (χ0) is 33.0. The lowest BCUT2D eigenvalue weighted by molar-refractivity contribution is -0.142. The predicted octanol–water partition coefficient (Wildman–Crippen LogP) is 4.81. The summed E-state index contributed by atoms with van der Waals surface area (Å²) >= 11 is 0. The summed E-state index contributed by atoms with van der Waals surface area (Å²) in [5, 5.41) is 39.2. The third-order valence-corrected chi connectivity index (χ3v) is 9.47. The highest BCUT2D eigenvalue weighted by atomic mass is 16.5. The summed E-state index contributed by atoms with van der Waals surface area (Å²) in [7, 11) is 4.98. The Balaban J connectivity index is 1.32. The van der Waals surface area contributed by atoms with Gasteiger partial charge in [-0.2, -0.15) is 0 Å². The van der Waals surface area contributed by atoms with E-state index >= 15 is 0 Å². The Kier molecular flexibility index (Phi) is 7.53. The number of aromatic nitrogens is 1. The first-order valence-electron chi connectivity index (χ1n) is 15.3. The van der Waals surface area contributed by atoms with E-state index in [1.165, 1.54) is 13.2 Å². The van der Waals surface area contributed by atoms with E-state index < -0.39 is 40.8 Å². The summed E-state index contributed by atoms with van der Waals surface area (Å²) in [6, 6.07) is 19.3. The zero-order valence-electron chi connectivity index (χ0n) is 26.1. The van der Waals surface area contributed by atoms with E-state index in [0.29, 0.717) is 11.3 Å². The maximum atomic E-state index is 14.5. The van der Waals surface area contributed by atoms with Crippen LogP contribution in [-0.2, 0) is 24.4 Å². The standard InChI is InChI=1S/C36H34N2O9/c1-38(2)29-23-15-21-14-22-25(44-3)16-24(39)31(45-17-19-10-6-4-7-11-19)27(22)30(40)26(21)33(41)36(23,43)34(42)28-32(29)47-37-35(28)46-18-20-12-8-5-9-13-20/h4-13,16,21,23,29,39-40,43H,14-15,17-18H2,1-3H3/t21-,23-,29-,36-/m0/s1. The van der Waals surface area contributed by atoms with Crippen molar-refractivity contribution in [1.29, 1.82) is 0 Å². The number of carbonyl (C=O) groups is 2. The van der Waals surface area contributed by atoms with Crippen LogP contribution in [0.25, 0.3) is 5.76 Å². The van der Waals surface area contributed by atoms with E-state index in [-0.39, 0.29) is 65.9 Å². The number of phenols is 1. The molecule has 4 atom stereocenters. The molecule has 1 fully saturated rings. The molecule has 0 aliphatic heterocycles. The van der Waals surface area contributed by atoms with Crippen molar-refractivity contribution in [3.63, 3.8) is 0 Å². The molecule has 1 saturated carbocycles. The van der Waals surface area contributed by atoms with Crippen molar-refractivity contribution >= 4 is 17.3 Å². The number of ketones is 2. The van der Waals surface area contributed by atoms with Gasteiger partial charge in [-0.3, -0.25) is 14.5 Å². The van der Waals surface area contributed by atoms with Gasteiger partial charge < -0.3 is 34.1 Å². The predicted molar refractivity (Wildman–Crippen MR) is 168 cm³/mol. The molecule has 0 bridgehead atoms. The van der Waals surface area contributed by atoms with Gasteiger partial charge in [0.2, 0.25) is 11.6 Å². The second-order valence-corrected chi connectivity index (χ2v) is 12.4. The molecule has 0 saturated heterocycles. The van der Waals surface area contributed by atoms with E-state index in [1.54, 1.807) is 19.0 Å². The van der Waals surface area contributed by atoms with Gasteiger partial charge in [0.15, 0.2) is 22.9 Å². The normalized spacial score (nSPS) is 23.1. The molecule has 11 nitrogen and oxygen atoms in total. The van der Waals surface area contributed by atoms with Crippen LogP contribution in [0.3, 0.4) is 0 Å². The van der Waals surface area contributed by atoms with Gasteiger partial charge in [-0.15, -0.1) is 0 Å². The monoisotopic (exact) mass is 638 g/mol. The third kappa shape index (κ3) is 4.76. The average Bonchev–Trinajstić information content (AvgIpc) is 3.49. The number of phenolic OH excluding ortho intramolecular Hbond substituents is 1. The molecule has 7 rings (SSSR count). The van der Waals surface area contributed by atoms with Crippen molar-refractivity contribution < 1.29 is 43.6 Å². The second kappa shape index (κ2) is 11.6. The van der Waals surface area contributed by atoms with Gasteiger partial charge in [-0.05, 0) is 49.1 Å². The van der Waals surface area contributed by atoms with Crippen molar-refractivity contribution in [2.75, 3.05) is 21.2 Å². The number of hydrogen-bond donors (Lipinski definition) is 3. The van der Waals surface area contributed by atoms with Crippen LogP contribution in [0.15, 0.2) is 76.8 Å². The number of aromatic hydroxyl groups is 1. The summed E-state index contributed by atoms with van der Waals surface area (Å²) in [5.41, 5.74) is -0.492. The molecule has 3 aromatic carbocycles. The van der Waals surface area contributed by atoms with E-state index in [4.69, 9.17) is 18.7 Å². The van der Waals surface area contributed by atoms with Gasteiger partial charge in [0.25, 0.3) is 5.88 Å². The van der Waals surface area contributed by atoms with Gasteiger partial charge in [0.1, 0.15) is 30.3 Å². The fraction of sp³-hybridized carbons (Fsp3) is 0.306. The summed E-state index contributed by atoms with van der Waals surface area (Å²) in [6.07, 6.45) is 0.376. The highest BCUT2D eigenvalue weighted by Gasteiger charge is 2.65. The molecule has 0 unspecified atom stereocenters. The molecule has 11 heteroatoms. The summed E-state index contributed by atoms with van der Waals surface area (Å²) in [6.45, 7) is 0.154. The van der Waals surface area contributed by atoms with Gasteiger partial charge in [-0.25, -0.2) is 0 Å². The fourth-order valence-electron chi connectivity index (χ4n) is 7.32. The van der Waals surface area contributed by atoms with E-state index in [1.807, 2.05) is 60.7 Å². The Bertz CT molecular complexity index is 1900. The fourth-order valence-corrected chi connectivity index (χ4v) is 7.32. The number of carbonyl (C=O) groups excluding carboxylic acids is 2. The molecule has 3 N–H and O–H groups in total. The molecule has 3 aliphatic carbocycles. The Morgan fingerprint density at radius 3 is 2.19 bits per heavy atom. The minimum Gasteiger partial charge on any atom is -0.507 e. The second-order valence-electron chi connectivity index (χ2n) is 12.4. The maximum Gasteiger partial charge on any atom is 0.265 e. The lowest BCUT2D eigenvalue weighted by Crippen LogP contribution is -2.63. The van der Waals surface area contributed by atoms with E-state index in [0.717, 1.165) is 11.1 Å². The topological polar surface area (TPSA) is 152 Å². The number of benzene rings is 3. The number of Topliss-reactive ketones (excluding diaryl/α,β-unsaturated/α-hetero) is 2. The van der Waals surface area contributed by atoms with Crippen LogP contribution in [0.5, 0.6) is 23.1 Å². The molecule has 3 aliphatic rings. The molecule has 0 spiro atoms. The van der Waals surface area contributed by atoms with Crippen LogP contribution in [0.1, 0.15) is 50.8 Å². The van der Waals surface area contributed by atoms with Gasteiger partial charge in [-0.1, -0.05) is 60.7 Å². The molecule has 242 valence electrons. The summed E-state index contributed by atoms with van der Waals surface area (Å²) in [5.74, 6) is -3.75. The lowest BCUT2D eigenvalue weighted by Gasteiger charge is -2.49. The van der Waals surface area contributed by atoms with Gasteiger partial charge >= 0.3 is 0 Å². The lowest BCUT2D eigenvalue weighted by atomic mass is 9.57. The number of aliphatic hydroxyl groups is 2. The Morgan fingerprint density at radius 2 is 1.57 bits per heavy atom. The van der Waals surface area contributed by atoms with Crippen molar-refractivity contribution in [2.45, 2.75) is 37.7 Å². The number of methoxy groups -OCH3 is 1. The molecule has 1 aromatic heterocycles. The molecular weight excluding hydrogens is 604 g/mol. The summed E-state index contributed by atoms with van der Waals surface area (Å²) in [4.78, 5) is 30.6. The first-order valence-corrected chi connectivity index (χ1v) is 15.3. The molecule has 4 aromatic rings. The van der Waals surface area contributed by atoms with Crippen LogP contribution in [0.4, 0.5) is 0 Å². The quantitative estimate of drug-likeness (QED) is 0.228. The number of nitrogens with zero attached hydrogens (tertiary/aromatic N) is 2. The van der Waals surface area contributed by atoms with Crippen molar-refractivity contribution in [3.05, 3.63) is 106 Å². The van der Waals surface area contributed by atoms with Crippen LogP contribution < -0.4 is 14.2 Å². The number of hydrogen-bond acceptors (Lipinski definition) is 11. The van der Waals surface area contributed by atoms with Crippen LogP contribution in [-0.4, -0.2) is 63.7 Å². The molecule has 1 heterocycles. The zero-order valence-corrected chi connectivity index (χ0v) is 26.1. The number of ether oxygens (including phenoxy) is 3. The van der Waals surface area contributed by atoms with Crippen LogP contribution in [0, 0.1) is 11.8 Å². The van der Waals surface area contributed by atoms with Crippen molar-refractivity contribution in [2.24, 2.45) is 11.8 Å². The van der Waals surface area contributed by atoms with Gasteiger partial charge in [0, 0.05) is 23.1 Å². The maximum absolute atomic E-state index is 14.5. The molecule has 47 heavy (non-hydrogen) atoms. The van der Waals surface area contributed by atoms with Crippen LogP contribution >= 0.6 is 0 Å². The SMILES string of the molecule is COc1cc(O)c(OCc2ccccc2)c2c1C[C@H]1C[C@H]3[C@H](N(C)C)c4onc(OCc5ccccc5)c4C(=O)[C@@]3(O)C(=O)C1=C2O. The highest BCUT2D eigenvalue weighted by Crippen LogP contribution is 2.57. The Hall–Kier alpha value is -5.13.